The lowest BCUT2D eigenvalue weighted by Crippen LogP contribution is -2.12. The monoisotopic (exact) mass is 512 g/mol. The number of hydrogen-bond acceptors (Lipinski definition) is 6. The van der Waals surface area contributed by atoms with Gasteiger partial charge >= 0.3 is 17.9 Å². The fraction of sp³-hybridized carbons (Fsp3) is 0.281. The van der Waals surface area contributed by atoms with Gasteiger partial charge in [-0.15, -0.1) is 0 Å². The van der Waals surface area contributed by atoms with Crippen molar-refractivity contribution < 1.29 is 28.6 Å². The third kappa shape index (κ3) is 5.70. The van der Waals surface area contributed by atoms with Gasteiger partial charge in [0.25, 0.3) is 0 Å². The van der Waals surface area contributed by atoms with E-state index in [9.17, 15) is 14.4 Å². The van der Waals surface area contributed by atoms with E-state index in [0.717, 1.165) is 21.9 Å². The molecule has 0 atom stereocenters. The van der Waals surface area contributed by atoms with Gasteiger partial charge in [-0.1, -0.05) is 75.4 Å². The number of esters is 3. The first-order valence-corrected chi connectivity index (χ1v) is 13.2. The highest BCUT2D eigenvalue weighted by atomic mass is 16.6. The summed E-state index contributed by atoms with van der Waals surface area (Å²) >= 11 is 0. The number of fused-ring (bicyclic) bond motifs is 2. The molecule has 0 aliphatic carbocycles. The Morgan fingerprint density at radius 1 is 0.553 bits per heavy atom. The Labute approximate surface area is 222 Å². The molecule has 0 amide bonds. The lowest BCUT2D eigenvalue weighted by molar-refractivity contribution is -0.135. The van der Waals surface area contributed by atoms with Crippen molar-refractivity contribution >= 4 is 39.5 Å². The van der Waals surface area contributed by atoms with E-state index in [1.165, 1.54) is 0 Å². The van der Waals surface area contributed by atoms with Crippen LogP contribution in [0.4, 0.5) is 0 Å². The maximum absolute atomic E-state index is 12.9. The minimum atomic E-state index is -0.424. The maximum Gasteiger partial charge on any atom is 0.311 e. The molecule has 4 aromatic carbocycles. The van der Waals surface area contributed by atoms with Crippen LogP contribution in [-0.4, -0.2) is 17.9 Å². The van der Waals surface area contributed by atoms with Gasteiger partial charge in [0.1, 0.15) is 11.5 Å². The summed E-state index contributed by atoms with van der Waals surface area (Å²) in [6.07, 6.45) is 2.59. The third-order valence-electron chi connectivity index (χ3n) is 6.13. The molecule has 6 nitrogen and oxygen atoms in total. The maximum atomic E-state index is 12.9. The first-order valence-electron chi connectivity index (χ1n) is 13.2. The van der Waals surface area contributed by atoms with Crippen LogP contribution in [-0.2, 0) is 14.4 Å². The molecule has 4 rings (SSSR count). The molecule has 0 saturated carbocycles. The van der Waals surface area contributed by atoms with Crippen molar-refractivity contribution in [2.75, 3.05) is 0 Å². The summed E-state index contributed by atoms with van der Waals surface area (Å²) in [7, 11) is 0. The van der Waals surface area contributed by atoms with Gasteiger partial charge in [-0.25, -0.2) is 0 Å². The molecule has 38 heavy (non-hydrogen) atoms. The van der Waals surface area contributed by atoms with Crippen molar-refractivity contribution in [1.29, 1.82) is 0 Å². The first-order chi connectivity index (χ1) is 18.5. The second kappa shape index (κ2) is 12.4. The number of carbonyl (C=O) groups excluding carboxylic acids is 3. The Morgan fingerprint density at radius 2 is 1.00 bits per heavy atom. The van der Waals surface area contributed by atoms with E-state index in [1.807, 2.05) is 75.4 Å². The Bertz CT molecular complexity index is 1390. The molecule has 0 bridgehead atoms. The predicted octanol–water partition coefficient (Wildman–Crippen LogP) is 7.78. The minimum absolute atomic E-state index is 0.207. The van der Waals surface area contributed by atoms with Gasteiger partial charge in [0.2, 0.25) is 0 Å². The number of benzene rings is 4. The molecule has 196 valence electrons. The van der Waals surface area contributed by atoms with Crippen LogP contribution in [0.2, 0.25) is 0 Å². The normalized spacial score (nSPS) is 10.9. The largest absolute Gasteiger partial charge is 0.426 e. The van der Waals surface area contributed by atoms with Crippen LogP contribution in [0.5, 0.6) is 17.2 Å². The van der Waals surface area contributed by atoms with Crippen molar-refractivity contribution in [2.24, 2.45) is 0 Å². The van der Waals surface area contributed by atoms with Gasteiger partial charge in [-0.05, 0) is 53.3 Å². The third-order valence-corrected chi connectivity index (χ3v) is 6.13. The summed E-state index contributed by atoms with van der Waals surface area (Å²) in [5.74, 6) is -0.396. The van der Waals surface area contributed by atoms with Crippen LogP contribution in [0.25, 0.3) is 32.7 Å². The molecule has 6 heteroatoms. The molecule has 0 aromatic heterocycles. The molecule has 0 N–H and O–H groups in total. The van der Waals surface area contributed by atoms with Gasteiger partial charge in [0, 0.05) is 19.3 Å². The van der Waals surface area contributed by atoms with E-state index in [0.29, 0.717) is 30.0 Å². The van der Waals surface area contributed by atoms with Gasteiger partial charge in [0.15, 0.2) is 5.75 Å². The van der Waals surface area contributed by atoms with Crippen molar-refractivity contribution in [3.63, 3.8) is 0 Å². The molecule has 0 radical (unpaired) electrons. The highest BCUT2D eigenvalue weighted by Crippen LogP contribution is 2.49. The second-order valence-electron chi connectivity index (χ2n) is 9.10. The molecule has 0 fully saturated rings. The van der Waals surface area contributed by atoms with Gasteiger partial charge in [-0.2, -0.15) is 0 Å². The lowest BCUT2D eigenvalue weighted by atomic mass is 9.90. The highest BCUT2D eigenvalue weighted by molar-refractivity contribution is 6.21. The Hall–Kier alpha value is -4.19. The van der Waals surface area contributed by atoms with E-state index in [4.69, 9.17) is 14.2 Å². The van der Waals surface area contributed by atoms with Crippen LogP contribution in [0, 0.1) is 0 Å². The predicted molar refractivity (Wildman–Crippen MR) is 149 cm³/mol. The van der Waals surface area contributed by atoms with E-state index in [1.54, 1.807) is 12.1 Å². The van der Waals surface area contributed by atoms with E-state index in [-0.39, 0.29) is 48.4 Å². The topological polar surface area (TPSA) is 78.9 Å². The summed E-state index contributed by atoms with van der Waals surface area (Å²) in [6, 6.07) is 20.7. The number of carbonyl (C=O) groups is 3. The fourth-order valence-corrected chi connectivity index (χ4v) is 4.53. The Balaban J connectivity index is 2.14. The molecule has 0 heterocycles. The minimum Gasteiger partial charge on any atom is -0.426 e. The van der Waals surface area contributed by atoms with E-state index in [2.05, 4.69) is 0 Å². The Kier molecular flexibility index (Phi) is 8.74. The molecule has 4 aromatic rings. The van der Waals surface area contributed by atoms with Crippen molar-refractivity contribution in [1.82, 2.24) is 0 Å². The quantitative estimate of drug-likeness (QED) is 0.123. The summed E-state index contributed by atoms with van der Waals surface area (Å²) in [5, 5.41) is 2.46. The first kappa shape index (κ1) is 26.9. The highest BCUT2D eigenvalue weighted by Gasteiger charge is 2.25. The Morgan fingerprint density at radius 3 is 1.45 bits per heavy atom. The molecular formula is C32H32O6. The zero-order chi connectivity index (χ0) is 27.1. The molecule has 0 aliphatic rings. The van der Waals surface area contributed by atoms with Crippen LogP contribution < -0.4 is 14.2 Å². The summed E-state index contributed by atoms with van der Waals surface area (Å²) < 4.78 is 17.6. The lowest BCUT2D eigenvalue weighted by Gasteiger charge is -2.20. The average Bonchev–Trinajstić information content (AvgIpc) is 2.89. The van der Waals surface area contributed by atoms with Crippen LogP contribution >= 0.6 is 0 Å². The summed E-state index contributed by atoms with van der Waals surface area (Å²) in [5.41, 5.74) is 1.77. The fourth-order valence-electron chi connectivity index (χ4n) is 4.53. The number of rotatable bonds is 10. The number of hydrogen-bond donors (Lipinski definition) is 0. The molecule has 0 saturated heterocycles. The SMILES string of the molecule is CCCC(=O)Oc1cccc2c(-c3ccccc3)c3cccc(OC(=O)CCC)c3c(OC(=O)CCC)c12. The van der Waals surface area contributed by atoms with E-state index >= 15 is 0 Å². The zero-order valence-electron chi connectivity index (χ0n) is 22.0. The van der Waals surface area contributed by atoms with Crippen LogP contribution in [0.15, 0.2) is 66.7 Å². The van der Waals surface area contributed by atoms with Gasteiger partial charge in [-0.3, -0.25) is 14.4 Å². The van der Waals surface area contributed by atoms with Crippen LogP contribution in [0.3, 0.4) is 0 Å². The molecule has 0 spiro atoms. The molecule has 0 unspecified atom stereocenters. The van der Waals surface area contributed by atoms with Gasteiger partial charge < -0.3 is 14.2 Å². The zero-order valence-corrected chi connectivity index (χ0v) is 22.0. The molecular weight excluding hydrogens is 480 g/mol. The standard InChI is InChI=1S/C32H32O6/c1-4-12-26(33)36-24-19-10-17-22-29(21-15-8-7-9-16-21)23-18-11-20-25(37-27(34)13-5-2)31(23)32(30(22)24)38-28(35)14-6-3/h7-11,15-20H,4-6,12-14H2,1-3H3. The van der Waals surface area contributed by atoms with Crippen molar-refractivity contribution in [3.05, 3.63) is 66.7 Å². The van der Waals surface area contributed by atoms with Gasteiger partial charge in [0.05, 0.1) is 10.8 Å². The number of ether oxygens (including phenoxy) is 3. The smallest absolute Gasteiger partial charge is 0.311 e. The van der Waals surface area contributed by atoms with Crippen molar-refractivity contribution in [3.8, 4) is 28.4 Å². The molecule has 0 aliphatic heterocycles. The van der Waals surface area contributed by atoms with Crippen LogP contribution in [0.1, 0.15) is 59.3 Å². The summed E-state index contributed by atoms with van der Waals surface area (Å²) in [6.45, 7) is 5.70. The summed E-state index contributed by atoms with van der Waals surface area (Å²) in [4.78, 5) is 38.1. The second-order valence-corrected chi connectivity index (χ2v) is 9.10. The van der Waals surface area contributed by atoms with Crippen molar-refractivity contribution in [2.45, 2.75) is 59.3 Å². The average molecular weight is 513 g/mol. The van der Waals surface area contributed by atoms with E-state index < -0.39 is 5.97 Å².